The molecule has 0 radical (unpaired) electrons. The third-order valence-corrected chi connectivity index (χ3v) is 8.18. The van der Waals surface area contributed by atoms with Gasteiger partial charge in [-0.2, -0.15) is 0 Å². The Morgan fingerprint density at radius 1 is 1.08 bits per heavy atom. The number of carbonyl (C=O) groups excluding carboxylic acids is 2. The van der Waals surface area contributed by atoms with E-state index in [1.807, 2.05) is 31.2 Å². The van der Waals surface area contributed by atoms with Crippen LogP contribution in [0.25, 0.3) is 0 Å². The highest BCUT2D eigenvalue weighted by molar-refractivity contribution is 9.10. The van der Waals surface area contributed by atoms with Gasteiger partial charge in [0.05, 0.1) is 14.5 Å². The summed E-state index contributed by atoms with van der Waals surface area (Å²) in [5, 5.41) is 4.04. The molecule has 2 aromatic rings. The minimum absolute atomic E-state index is 0.00638. The molecule has 1 saturated carbocycles. The van der Waals surface area contributed by atoms with Crippen molar-refractivity contribution in [1.29, 1.82) is 0 Å². The topological polar surface area (TPSA) is 58.6 Å². The number of rotatable bonds is 9. The van der Waals surface area contributed by atoms with Crippen molar-refractivity contribution in [2.24, 2.45) is 0 Å². The van der Waals surface area contributed by atoms with Crippen LogP contribution >= 0.6 is 39.1 Å². The molecule has 2 aromatic carbocycles. The average Bonchev–Trinajstić information content (AvgIpc) is 2.85. The zero-order valence-electron chi connectivity index (χ0n) is 22.1. The second kappa shape index (κ2) is 13.3. The Morgan fingerprint density at radius 3 is 2.38 bits per heavy atom. The van der Waals surface area contributed by atoms with Gasteiger partial charge < -0.3 is 15.0 Å². The summed E-state index contributed by atoms with van der Waals surface area (Å²) >= 11 is 15.9. The van der Waals surface area contributed by atoms with Gasteiger partial charge in [-0.15, -0.1) is 0 Å². The SMILES string of the molecule is CC[C@@H](C(=O)NC1CCCCC1)N(Cc1ccc(Cl)c(Cl)c1)C(=O)COc1ccc(C(C)(C)C)cc1Br. The van der Waals surface area contributed by atoms with Crippen molar-refractivity contribution >= 4 is 50.9 Å². The van der Waals surface area contributed by atoms with E-state index in [1.165, 1.54) is 6.42 Å². The molecule has 0 spiro atoms. The number of nitrogens with zero attached hydrogens (tertiary/aromatic N) is 1. The van der Waals surface area contributed by atoms with Gasteiger partial charge in [0.15, 0.2) is 6.61 Å². The van der Waals surface area contributed by atoms with Crippen molar-refractivity contribution in [3.05, 3.63) is 62.0 Å². The Balaban J connectivity index is 1.79. The Bertz CT molecular complexity index is 1100. The van der Waals surface area contributed by atoms with Gasteiger partial charge in [0.25, 0.3) is 5.91 Å². The number of halogens is 3. The Labute approximate surface area is 239 Å². The highest BCUT2D eigenvalue weighted by atomic mass is 79.9. The molecule has 0 aliphatic heterocycles. The van der Waals surface area contributed by atoms with Crippen LogP contribution in [-0.2, 0) is 21.5 Å². The van der Waals surface area contributed by atoms with Crippen molar-refractivity contribution in [2.45, 2.75) is 90.3 Å². The largest absolute Gasteiger partial charge is 0.483 e. The summed E-state index contributed by atoms with van der Waals surface area (Å²) in [6, 6.07) is 10.7. The highest BCUT2D eigenvalue weighted by Crippen LogP contribution is 2.32. The standard InChI is InChI=1S/C29H37BrCl2N2O3/c1-5-25(28(36)33-21-9-7-6-8-10-21)34(17-19-11-13-23(31)24(32)15-19)27(35)18-37-26-14-12-20(16-22(26)30)29(2,3)4/h11-16,21,25H,5-10,17-18H2,1-4H3,(H,33,36)/t25-/m0/s1. The summed E-state index contributed by atoms with van der Waals surface area (Å²) in [4.78, 5) is 28.5. The van der Waals surface area contributed by atoms with Crippen LogP contribution in [0.5, 0.6) is 5.75 Å². The molecule has 0 heterocycles. The van der Waals surface area contributed by atoms with Crippen LogP contribution < -0.4 is 10.1 Å². The quantitative estimate of drug-likeness (QED) is 0.316. The molecule has 0 unspecified atom stereocenters. The van der Waals surface area contributed by atoms with E-state index in [-0.39, 0.29) is 36.4 Å². The first kappa shape index (κ1) is 29.8. The highest BCUT2D eigenvalue weighted by Gasteiger charge is 2.31. The van der Waals surface area contributed by atoms with Crippen LogP contribution in [0.2, 0.25) is 10.0 Å². The summed E-state index contributed by atoms with van der Waals surface area (Å²) in [5.74, 6) is 0.178. The second-order valence-electron chi connectivity index (χ2n) is 10.7. The molecular formula is C29H37BrCl2N2O3. The van der Waals surface area contributed by atoms with Gasteiger partial charge in [-0.3, -0.25) is 9.59 Å². The first-order valence-corrected chi connectivity index (χ1v) is 14.5. The minimum Gasteiger partial charge on any atom is -0.483 e. The van der Waals surface area contributed by atoms with Crippen LogP contribution in [0, 0.1) is 0 Å². The fourth-order valence-corrected chi connectivity index (χ4v) is 5.42. The third-order valence-electron chi connectivity index (χ3n) is 6.82. The third kappa shape index (κ3) is 8.36. The lowest BCUT2D eigenvalue weighted by molar-refractivity contribution is -0.143. The van der Waals surface area contributed by atoms with Crippen molar-refractivity contribution in [3.63, 3.8) is 0 Å². The van der Waals surface area contributed by atoms with Crippen molar-refractivity contribution in [3.8, 4) is 5.75 Å². The molecule has 1 fully saturated rings. The first-order valence-electron chi connectivity index (χ1n) is 13.0. The summed E-state index contributed by atoms with van der Waals surface area (Å²) in [6.07, 6.45) is 5.87. The normalized spacial score (nSPS) is 15.2. The predicted octanol–water partition coefficient (Wildman–Crippen LogP) is 7.69. The van der Waals surface area contributed by atoms with Crippen molar-refractivity contribution < 1.29 is 14.3 Å². The van der Waals surface area contributed by atoms with Gasteiger partial charge in [-0.1, -0.05) is 82.3 Å². The molecule has 1 N–H and O–H groups in total. The number of amides is 2. The predicted molar refractivity (Wildman–Crippen MR) is 154 cm³/mol. The van der Waals surface area contributed by atoms with E-state index in [0.717, 1.165) is 41.3 Å². The molecule has 37 heavy (non-hydrogen) atoms. The van der Waals surface area contributed by atoms with E-state index >= 15 is 0 Å². The molecule has 0 bridgehead atoms. The molecule has 202 valence electrons. The smallest absolute Gasteiger partial charge is 0.261 e. The van der Waals surface area contributed by atoms with Gasteiger partial charge in [-0.05, 0) is 76.0 Å². The molecule has 0 saturated heterocycles. The van der Waals surface area contributed by atoms with Gasteiger partial charge in [-0.25, -0.2) is 0 Å². The van der Waals surface area contributed by atoms with Crippen molar-refractivity contribution in [2.75, 3.05) is 6.61 Å². The molecule has 1 aliphatic rings. The summed E-state index contributed by atoms with van der Waals surface area (Å²) in [7, 11) is 0. The zero-order valence-corrected chi connectivity index (χ0v) is 25.2. The van der Waals surface area contributed by atoms with E-state index in [4.69, 9.17) is 27.9 Å². The Morgan fingerprint density at radius 2 is 1.78 bits per heavy atom. The van der Waals surface area contributed by atoms with E-state index in [2.05, 4.69) is 42.0 Å². The number of nitrogens with one attached hydrogen (secondary N) is 1. The summed E-state index contributed by atoms with van der Waals surface area (Å²) < 4.78 is 6.72. The van der Waals surface area contributed by atoms with Crippen LogP contribution in [-0.4, -0.2) is 35.4 Å². The van der Waals surface area contributed by atoms with E-state index < -0.39 is 6.04 Å². The lowest BCUT2D eigenvalue weighted by Gasteiger charge is -2.32. The molecule has 3 rings (SSSR count). The van der Waals surface area contributed by atoms with E-state index in [0.29, 0.717) is 22.2 Å². The second-order valence-corrected chi connectivity index (χ2v) is 12.4. The monoisotopic (exact) mass is 610 g/mol. The summed E-state index contributed by atoms with van der Waals surface area (Å²) in [5.41, 5.74) is 1.94. The van der Waals surface area contributed by atoms with Gasteiger partial charge in [0.2, 0.25) is 5.91 Å². The first-order chi connectivity index (χ1) is 17.5. The maximum atomic E-state index is 13.6. The van der Waals surface area contributed by atoms with E-state index in [9.17, 15) is 9.59 Å². The van der Waals surface area contributed by atoms with Gasteiger partial charge in [0.1, 0.15) is 11.8 Å². The van der Waals surface area contributed by atoms with Crippen molar-refractivity contribution in [1.82, 2.24) is 10.2 Å². The average molecular weight is 612 g/mol. The fourth-order valence-electron chi connectivity index (χ4n) is 4.61. The molecule has 8 heteroatoms. The van der Waals surface area contributed by atoms with E-state index in [1.54, 1.807) is 17.0 Å². The van der Waals surface area contributed by atoms with Crippen LogP contribution in [0.1, 0.15) is 77.3 Å². The number of benzene rings is 2. The molecule has 1 aliphatic carbocycles. The molecule has 2 amide bonds. The molecule has 0 aromatic heterocycles. The number of hydrogen-bond donors (Lipinski definition) is 1. The zero-order chi connectivity index (χ0) is 27.2. The van der Waals surface area contributed by atoms with Gasteiger partial charge >= 0.3 is 0 Å². The Hall–Kier alpha value is -1.76. The number of hydrogen-bond acceptors (Lipinski definition) is 3. The van der Waals surface area contributed by atoms with Crippen LogP contribution in [0.4, 0.5) is 0 Å². The lowest BCUT2D eigenvalue weighted by atomic mass is 9.87. The molecule has 1 atom stereocenters. The van der Waals surface area contributed by atoms with Crippen LogP contribution in [0.3, 0.4) is 0 Å². The summed E-state index contributed by atoms with van der Waals surface area (Å²) in [6.45, 7) is 8.37. The number of carbonyl (C=O) groups is 2. The minimum atomic E-state index is -0.626. The van der Waals surface area contributed by atoms with Gasteiger partial charge in [0, 0.05) is 12.6 Å². The Kier molecular flexibility index (Phi) is 10.7. The lowest BCUT2D eigenvalue weighted by Crippen LogP contribution is -2.52. The maximum Gasteiger partial charge on any atom is 0.261 e. The van der Waals surface area contributed by atoms with Crippen LogP contribution in [0.15, 0.2) is 40.9 Å². The molecular weight excluding hydrogens is 575 g/mol. The maximum absolute atomic E-state index is 13.6. The molecule has 5 nitrogen and oxygen atoms in total. The fraction of sp³-hybridized carbons (Fsp3) is 0.517. The number of ether oxygens (including phenoxy) is 1.